The molecule has 0 bridgehead atoms. The van der Waals surface area contributed by atoms with Crippen LogP contribution in [-0.4, -0.2) is 25.5 Å². The van der Waals surface area contributed by atoms with Crippen molar-refractivity contribution in [2.45, 2.75) is 38.6 Å². The Bertz CT molecular complexity index is 580. The first kappa shape index (κ1) is 15.7. The van der Waals surface area contributed by atoms with Gasteiger partial charge in [-0.05, 0) is 38.0 Å². The van der Waals surface area contributed by atoms with E-state index >= 15 is 0 Å². The molecule has 1 rings (SSSR count). The van der Waals surface area contributed by atoms with Crippen LogP contribution >= 0.6 is 0 Å². The third-order valence-electron chi connectivity index (χ3n) is 3.11. The highest BCUT2D eigenvalue weighted by Gasteiger charge is 2.26. The normalized spacial score (nSPS) is 14.9. The maximum Gasteiger partial charge on any atom is 0.307 e. The first-order valence-corrected chi connectivity index (χ1v) is 7.46. The van der Waals surface area contributed by atoms with Crippen molar-refractivity contribution in [1.82, 2.24) is 4.72 Å². The summed E-state index contributed by atoms with van der Waals surface area (Å²) in [6, 6.07) is 4.46. The molecule has 0 aliphatic heterocycles. The average Bonchev–Trinajstić information content (AvgIpc) is 2.30. The molecule has 0 amide bonds. The van der Waals surface area contributed by atoms with Crippen molar-refractivity contribution < 1.29 is 18.3 Å². The van der Waals surface area contributed by atoms with Gasteiger partial charge in [0.2, 0.25) is 10.0 Å². The van der Waals surface area contributed by atoms with Gasteiger partial charge >= 0.3 is 5.97 Å². The Morgan fingerprint density at radius 3 is 2.37 bits per heavy atom. The quantitative estimate of drug-likeness (QED) is 0.862. The van der Waals surface area contributed by atoms with Crippen LogP contribution in [-0.2, 0) is 14.8 Å². The molecule has 0 aromatic heterocycles. The lowest BCUT2D eigenvalue weighted by molar-refractivity contribution is -0.141. The summed E-state index contributed by atoms with van der Waals surface area (Å²) in [4.78, 5) is 11.0. The number of benzene rings is 1. The van der Waals surface area contributed by atoms with Crippen LogP contribution in [0.4, 0.5) is 0 Å². The zero-order chi connectivity index (χ0) is 14.8. The second kappa shape index (κ2) is 5.71. The minimum atomic E-state index is -3.70. The first-order valence-electron chi connectivity index (χ1n) is 5.97. The van der Waals surface area contributed by atoms with E-state index in [1.54, 1.807) is 26.0 Å². The molecule has 2 N–H and O–H groups in total. The Kier molecular flexibility index (Phi) is 4.70. The fourth-order valence-electron chi connectivity index (χ4n) is 1.62. The van der Waals surface area contributed by atoms with Crippen molar-refractivity contribution in [2.75, 3.05) is 0 Å². The summed E-state index contributed by atoms with van der Waals surface area (Å²) in [5.74, 6) is -1.82. The van der Waals surface area contributed by atoms with E-state index in [0.717, 1.165) is 5.56 Å². The predicted molar refractivity (Wildman–Crippen MR) is 72.5 cm³/mol. The third kappa shape index (κ3) is 3.78. The number of hydrogen-bond acceptors (Lipinski definition) is 3. The summed E-state index contributed by atoms with van der Waals surface area (Å²) >= 11 is 0. The molecule has 5 nitrogen and oxygen atoms in total. The van der Waals surface area contributed by atoms with Gasteiger partial charge < -0.3 is 5.11 Å². The number of carboxylic acids is 1. The zero-order valence-corrected chi connectivity index (χ0v) is 12.3. The van der Waals surface area contributed by atoms with E-state index in [9.17, 15) is 13.2 Å². The Morgan fingerprint density at radius 1 is 1.26 bits per heavy atom. The van der Waals surface area contributed by atoms with Crippen LogP contribution in [0.1, 0.15) is 25.0 Å². The summed E-state index contributed by atoms with van der Waals surface area (Å²) in [6.45, 7) is 6.53. The number of aryl methyl sites for hydroxylation is 2. The summed E-state index contributed by atoms with van der Waals surface area (Å²) < 4.78 is 26.9. The lowest BCUT2D eigenvalue weighted by Crippen LogP contribution is -2.40. The molecule has 0 aliphatic rings. The maximum atomic E-state index is 12.2. The van der Waals surface area contributed by atoms with Crippen molar-refractivity contribution in [3.05, 3.63) is 29.3 Å². The van der Waals surface area contributed by atoms with Crippen molar-refractivity contribution in [3.63, 3.8) is 0 Å². The Hall–Kier alpha value is -1.40. The molecular formula is C13H19NO4S. The van der Waals surface area contributed by atoms with Crippen LogP contribution in [0.5, 0.6) is 0 Å². The number of carboxylic acid groups (broad SMARTS) is 1. The van der Waals surface area contributed by atoms with E-state index in [1.165, 1.54) is 6.92 Å². The molecule has 0 saturated carbocycles. The standard InChI is InChI=1S/C13H19NO4S/c1-8-5-6-9(2)12(7-8)19(17,18)14-11(4)10(3)13(15)16/h5-7,10-11,14H,1-4H3,(H,15,16). The van der Waals surface area contributed by atoms with Gasteiger partial charge in [0.15, 0.2) is 0 Å². The minimum Gasteiger partial charge on any atom is -0.481 e. The number of sulfonamides is 1. The molecule has 0 radical (unpaired) electrons. The Labute approximate surface area is 113 Å². The first-order chi connectivity index (χ1) is 8.65. The molecule has 1 aromatic carbocycles. The van der Waals surface area contributed by atoms with Gasteiger partial charge in [-0.15, -0.1) is 0 Å². The molecule has 0 heterocycles. The summed E-state index contributed by atoms with van der Waals surface area (Å²) in [6.07, 6.45) is 0. The highest BCUT2D eigenvalue weighted by atomic mass is 32.2. The van der Waals surface area contributed by atoms with Gasteiger partial charge in [0.1, 0.15) is 0 Å². The highest BCUT2D eigenvalue weighted by molar-refractivity contribution is 7.89. The number of aliphatic carboxylic acids is 1. The van der Waals surface area contributed by atoms with Crippen LogP contribution in [0.15, 0.2) is 23.1 Å². The van der Waals surface area contributed by atoms with Crippen LogP contribution in [0.3, 0.4) is 0 Å². The van der Waals surface area contributed by atoms with Crippen molar-refractivity contribution in [1.29, 1.82) is 0 Å². The molecule has 19 heavy (non-hydrogen) atoms. The second-order valence-corrected chi connectivity index (χ2v) is 6.49. The average molecular weight is 285 g/mol. The number of hydrogen-bond donors (Lipinski definition) is 2. The molecule has 1 aromatic rings. The van der Waals surface area contributed by atoms with E-state index < -0.39 is 28.0 Å². The predicted octanol–water partition coefficient (Wildman–Crippen LogP) is 1.69. The number of nitrogens with one attached hydrogen (secondary N) is 1. The van der Waals surface area contributed by atoms with E-state index in [4.69, 9.17) is 5.11 Å². The van der Waals surface area contributed by atoms with Crippen LogP contribution in [0, 0.1) is 19.8 Å². The van der Waals surface area contributed by atoms with Gasteiger partial charge in [-0.3, -0.25) is 4.79 Å². The van der Waals surface area contributed by atoms with Gasteiger partial charge in [-0.25, -0.2) is 13.1 Å². The van der Waals surface area contributed by atoms with E-state index in [1.807, 2.05) is 13.0 Å². The van der Waals surface area contributed by atoms with E-state index in [2.05, 4.69) is 4.72 Å². The van der Waals surface area contributed by atoms with Crippen molar-refractivity contribution in [3.8, 4) is 0 Å². The number of rotatable bonds is 5. The molecule has 6 heteroatoms. The zero-order valence-electron chi connectivity index (χ0n) is 11.5. The van der Waals surface area contributed by atoms with Gasteiger partial charge in [0, 0.05) is 6.04 Å². The molecular weight excluding hydrogens is 266 g/mol. The van der Waals surface area contributed by atoms with Crippen LogP contribution < -0.4 is 4.72 Å². The third-order valence-corrected chi connectivity index (χ3v) is 4.81. The summed E-state index contributed by atoms with van der Waals surface area (Å²) in [5.41, 5.74) is 1.47. The van der Waals surface area contributed by atoms with E-state index in [-0.39, 0.29) is 4.90 Å². The molecule has 0 aliphatic carbocycles. The molecule has 106 valence electrons. The lowest BCUT2D eigenvalue weighted by Gasteiger charge is -2.18. The highest BCUT2D eigenvalue weighted by Crippen LogP contribution is 2.18. The summed E-state index contributed by atoms with van der Waals surface area (Å²) in [5, 5.41) is 8.88. The Balaban J connectivity index is 3.05. The van der Waals surface area contributed by atoms with E-state index in [0.29, 0.717) is 5.56 Å². The van der Waals surface area contributed by atoms with Gasteiger partial charge in [0.05, 0.1) is 10.8 Å². The molecule has 0 fully saturated rings. The molecule has 2 unspecified atom stereocenters. The van der Waals surface area contributed by atoms with Gasteiger partial charge in [-0.2, -0.15) is 0 Å². The number of carbonyl (C=O) groups is 1. The SMILES string of the molecule is Cc1ccc(C)c(S(=O)(=O)NC(C)C(C)C(=O)O)c1. The van der Waals surface area contributed by atoms with Crippen LogP contribution in [0.2, 0.25) is 0 Å². The topological polar surface area (TPSA) is 83.5 Å². The molecule has 0 spiro atoms. The molecule has 2 atom stereocenters. The Morgan fingerprint density at radius 2 is 1.84 bits per heavy atom. The lowest BCUT2D eigenvalue weighted by atomic mass is 10.1. The smallest absolute Gasteiger partial charge is 0.307 e. The largest absolute Gasteiger partial charge is 0.481 e. The minimum absolute atomic E-state index is 0.192. The summed E-state index contributed by atoms with van der Waals surface area (Å²) in [7, 11) is -3.70. The fourth-order valence-corrected chi connectivity index (χ4v) is 3.27. The monoisotopic (exact) mass is 285 g/mol. The maximum absolute atomic E-state index is 12.2. The van der Waals surface area contributed by atoms with Gasteiger partial charge in [-0.1, -0.05) is 19.1 Å². The van der Waals surface area contributed by atoms with Crippen molar-refractivity contribution in [2.24, 2.45) is 5.92 Å². The van der Waals surface area contributed by atoms with Gasteiger partial charge in [0.25, 0.3) is 0 Å². The second-order valence-electron chi connectivity index (χ2n) is 4.81. The van der Waals surface area contributed by atoms with Crippen molar-refractivity contribution >= 4 is 16.0 Å². The molecule has 0 saturated heterocycles. The fraction of sp³-hybridized carbons (Fsp3) is 0.462. The van der Waals surface area contributed by atoms with Crippen LogP contribution in [0.25, 0.3) is 0 Å².